The molecular formula is C13H16N2O4. The highest BCUT2D eigenvalue weighted by molar-refractivity contribution is 5.90. The topological polar surface area (TPSA) is 87.7 Å². The monoisotopic (exact) mass is 264 g/mol. The molecule has 0 spiro atoms. The number of aromatic hydroxyl groups is 1. The minimum Gasteiger partial charge on any atom is -0.508 e. The number of carbonyl (C=O) groups is 2. The fraction of sp³-hybridized carbons (Fsp3) is 0.231. The Morgan fingerprint density at radius 3 is 2.68 bits per heavy atom. The summed E-state index contributed by atoms with van der Waals surface area (Å²) < 4.78 is 4.88. The molecule has 0 aromatic heterocycles. The standard InChI is InChI=1S/C13H16N2O4/c1-8(2)12(17)19-9(3)14-13(18)15-10-5-4-6-11(16)7-10/h4-7,9,16H,1H2,2-3H3,(H2,14,15,18). The van der Waals surface area contributed by atoms with E-state index in [0.29, 0.717) is 5.69 Å². The molecule has 1 aromatic rings. The number of hydrogen-bond acceptors (Lipinski definition) is 4. The lowest BCUT2D eigenvalue weighted by Gasteiger charge is -2.15. The van der Waals surface area contributed by atoms with Crippen LogP contribution in [0.3, 0.4) is 0 Å². The summed E-state index contributed by atoms with van der Waals surface area (Å²) >= 11 is 0. The Bertz CT molecular complexity index is 499. The lowest BCUT2D eigenvalue weighted by molar-refractivity contribution is -0.144. The van der Waals surface area contributed by atoms with Gasteiger partial charge in [0.2, 0.25) is 0 Å². The smallest absolute Gasteiger partial charge is 0.335 e. The van der Waals surface area contributed by atoms with Crippen molar-refractivity contribution in [1.82, 2.24) is 5.32 Å². The number of ether oxygens (including phenoxy) is 1. The van der Waals surface area contributed by atoms with Gasteiger partial charge in [0.15, 0.2) is 6.23 Å². The number of urea groups is 1. The molecule has 1 aromatic carbocycles. The van der Waals surface area contributed by atoms with Crippen LogP contribution in [0.4, 0.5) is 10.5 Å². The van der Waals surface area contributed by atoms with Crippen molar-refractivity contribution in [1.29, 1.82) is 0 Å². The zero-order chi connectivity index (χ0) is 14.4. The quantitative estimate of drug-likeness (QED) is 0.441. The summed E-state index contributed by atoms with van der Waals surface area (Å²) in [5, 5.41) is 14.1. The largest absolute Gasteiger partial charge is 0.508 e. The first-order valence-corrected chi connectivity index (χ1v) is 5.61. The minimum absolute atomic E-state index is 0.0413. The van der Waals surface area contributed by atoms with Gasteiger partial charge >= 0.3 is 12.0 Å². The number of amides is 2. The maximum atomic E-state index is 11.6. The van der Waals surface area contributed by atoms with Gasteiger partial charge in [-0.15, -0.1) is 0 Å². The van der Waals surface area contributed by atoms with E-state index in [4.69, 9.17) is 4.74 Å². The van der Waals surface area contributed by atoms with E-state index >= 15 is 0 Å². The van der Waals surface area contributed by atoms with Gasteiger partial charge in [-0.1, -0.05) is 12.6 Å². The molecule has 1 atom stereocenters. The molecule has 19 heavy (non-hydrogen) atoms. The predicted octanol–water partition coefficient (Wildman–Crippen LogP) is 1.98. The number of anilines is 1. The van der Waals surface area contributed by atoms with Crippen LogP contribution in [-0.2, 0) is 9.53 Å². The zero-order valence-electron chi connectivity index (χ0n) is 10.8. The summed E-state index contributed by atoms with van der Waals surface area (Å²) in [6.07, 6.45) is -0.790. The van der Waals surface area contributed by atoms with E-state index in [1.165, 1.54) is 26.0 Å². The summed E-state index contributed by atoms with van der Waals surface area (Å²) in [5.74, 6) is -0.537. The van der Waals surface area contributed by atoms with Crippen molar-refractivity contribution in [3.8, 4) is 5.75 Å². The van der Waals surface area contributed by atoms with E-state index in [0.717, 1.165) is 0 Å². The Balaban J connectivity index is 2.47. The number of hydrogen-bond donors (Lipinski definition) is 3. The van der Waals surface area contributed by atoms with Crippen LogP contribution in [0.25, 0.3) is 0 Å². The summed E-state index contributed by atoms with van der Waals surface area (Å²) in [6, 6.07) is 5.54. The third-order valence-electron chi connectivity index (χ3n) is 2.07. The van der Waals surface area contributed by atoms with Gasteiger partial charge in [0.25, 0.3) is 0 Å². The van der Waals surface area contributed by atoms with Gasteiger partial charge in [-0.3, -0.25) is 0 Å². The van der Waals surface area contributed by atoms with Gasteiger partial charge in [-0.2, -0.15) is 0 Å². The molecule has 2 amide bonds. The Labute approximate surface area is 111 Å². The van der Waals surface area contributed by atoms with Crippen LogP contribution in [0.1, 0.15) is 13.8 Å². The van der Waals surface area contributed by atoms with Gasteiger partial charge in [0.1, 0.15) is 5.75 Å². The van der Waals surface area contributed by atoms with Crippen molar-refractivity contribution >= 4 is 17.7 Å². The molecule has 102 valence electrons. The molecule has 0 fully saturated rings. The first-order chi connectivity index (χ1) is 8.88. The Hall–Kier alpha value is -2.50. The average Bonchev–Trinajstić information content (AvgIpc) is 2.27. The van der Waals surface area contributed by atoms with Crippen molar-refractivity contribution < 1.29 is 19.4 Å². The van der Waals surface area contributed by atoms with E-state index in [-0.39, 0.29) is 11.3 Å². The van der Waals surface area contributed by atoms with Crippen LogP contribution in [0.15, 0.2) is 36.4 Å². The van der Waals surface area contributed by atoms with Gasteiger partial charge in [-0.25, -0.2) is 9.59 Å². The van der Waals surface area contributed by atoms with E-state index < -0.39 is 18.2 Å². The highest BCUT2D eigenvalue weighted by Gasteiger charge is 2.12. The molecule has 0 bridgehead atoms. The Morgan fingerprint density at radius 2 is 2.11 bits per heavy atom. The second kappa shape index (κ2) is 6.44. The molecule has 6 nitrogen and oxygen atoms in total. The first kappa shape index (κ1) is 14.6. The third kappa shape index (κ3) is 5.12. The van der Waals surface area contributed by atoms with Gasteiger partial charge in [-0.05, 0) is 26.0 Å². The van der Waals surface area contributed by atoms with Crippen molar-refractivity contribution in [3.05, 3.63) is 36.4 Å². The highest BCUT2D eigenvalue weighted by Crippen LogP contribution is 2.15. The average molecular weight is 264 g/mol. The summed E-state index contributed by atoms with van der Waals surface area (Å²) in [4.78, 5) is 22.8. The van der Waals surface area contributed by atoms with Crippen molar-refractivity contribution in [2.24, 2.45) is 0 Å². The van der Waals surface area contributed by atoms with Crippen molar-refractivity contribution in [2.75, 3.05) is 5.32 Å². The Morgan fingerprint density at radius 1 is 1.42 bits per heavy atom. The molecule has 1 unspecified atom stereocenters. The zero-order valence-corrected chi connectivity index (χ0v) is 10.8. The van der Waals surface area contributed by atoms with E-state index in [1.807, 2.05) is 0 Å². The summed E-state index contributed by atoms with van der Waals surface area (Å²) in [5.41, 5.74) is 0.679. The molecule has 6 heteroatoms. The fourth-order valence-electron chi connectivity index (χ4n) is 1.23. The Kier molecular flexibility index (Phi) is 4.93. The van der Waals surface area contributed by atoms with Crippen LogP contribution >= 0.6 is 0 Å². The fourth-order valence-corrected chi connectivity index (χ4v) is 1.23. The molecule has 0 heterocycles. The molecule has 0 radical (unpaired) electrons. The van der Waals surface area contributed by atoms with Crippen LogP contribution in [0, 0.1) is 0 Å². The maximum Gasteiger partial charge on any atom is 0.335 e. The molecule has 1 rings (SSSR count). The summed E-state index contributed by atoms with van der Waals surface area (Å²) in [6.45, 7) is 6.47. The van der Waals surface area contributed by atoms with Crippen molar-refractivity contribution in [2.45, 2.75) is 20.1 Å². The minimum atomic E-state index is -0.790. The maximum absolute atomic E-state index is 11.6. The number of phenols is 1. The molecule has 0 aliphatic heterocycles. The number of nitrogens with one attached hydrogen (secondary N) is 2. The number of esters is 1. The van der Waals surface area contributed by atoms with Gasteiger partial charge < -0.3 is 20.5 Å². The van der Waals surface area contributed by atoms with Gasteiger partial charge in [0.05, 0.1) is 0 Å². The SMILES string of the molecule is C=C(C)C(=O)OC(C)NC(=O)Nc1cccc(O)c1. The molecule has 0 saturated heterocycles. The van der Waals surface area contributed by atoms with Crippen molar-refractivity contribution in [3.63, 3.8) is 0 Å². The third-order valence-corrected chi connectivity index (χ3v) is 2.07. The predicted molar refractivity (Wildman–Crippen MR) is 70.6 cm³/mol. The molecule has 0 aliphatic rings. The molecule has 3 N–H and O–H groups in total. The first-order valence-electron chi connectivity index (χ1n) is 5.61. The van der Waals surface area contributed by atoms with Gasteiger partial charge in [0, 0.05) is 17.3 Å². The van der Waals surface area contributed by atoms with E-state index in [1.54, 1.807) is 12.1 Å². The van der Waals surface area contributed by atoms with E-state index in [2.05, 4.69) is 17.2 Å². The van der Waals surface area contributed by atoms with E-state index in [9.17, 15) is 14.7 Å². The lowest BCUT2D eigenvalue weighted by Crippen LogP contribution is -2.39. The highest BCUT2D eigenvalue weighted by atomic mass is 16.6. The van der Waals surface area contributed by atoms with Crippen LogP contribution < -0.4 is 10.6 Å². The normalized spacial score (nSPS) is 11.3. The summed E-state index contributed by atoms with van der Waals surface area (Å²) in [7, 11) is 0. The number of rotatable bonds is 4. The number of benzene rings is 1. The molecular weight excluding hydrogens is 248 g/mol. The molecule has 0 aliphatic carbocycles. The lowest BCUT2D eigenvalue weighted by atomic mass is 10.3. The second-order valence-electron chi connectivity index (χ2n) is 3.98. The number of phenolic OH excluding ortho intramolecular Hbond substituents is 1. The van der Waals surface area contributed by atoms with Crippen LogP contribution in [-0.4, -0.2) is 23.3 Å². The molecule has 0 saturated carbocycles. The van der Waals surface area contributed by atoms with Crippen LogP contribution in [0.2, 0.25) is 0 Å². The second-order valence-corrected chi connectivity index (χ2v) is 3.98. The van der Waals surface area contributed by atoms with Crippen LogP contribution in [0.5, 0.6) is 5.75 Å². The number of carbonyl (C=O) groups excluding carboxylic acids is 2.